The second-order valence-corrected chi connectivity index (χ2v) is 5.76. The van der Waals surface area contributed by atoms with Gasteiger partial charge in [0.25, 0.3) is 5.91 Å². The summed E-state index contributed by atoms with van der Waals surface area (Å²) in [4.78, 5) is 22.8. The highest BCUT2D eigenvalue weighted by Crippen LogP contribution is 2.37. The Kier molecular flexibility index (Phi) is 4.70. The number of carboxylic acids is 1. The molecule has 0 spiro atoms. The van der Waals surface area contributed by atoms with Gasteiger partial charge in [0.15, 0.2) is 0 Å². The van der Waals surface area contributed by atoms with Gasteiger partial charge in [-0.2, -0.15) is 0 Å². The Morgan fingerprint density at radius 3 is 2.85 bits per heavy atom. The monoisotopic (exact) mass is 298 g/mol. The van der Waals surface area contributed by atoms with E-state index in [1.165, 1.54) is 0 Å². The van der Waals surface area contributed by atoms with Crippen molar-refractivity contribution in [2.75, 3.05) is 6.54 Å². The minimum Gasteiger partial charge on any atom is -0.481 e. The summed E-state index contributed by atoms with van der Waals surface area (Å²) < 4.78 is 1.93. The van der Waals surface area contributed by atoms with Crippen LogP contribution < -0.4 is 5.32 Å². The number of hydrogen-bond donors (Lipinski definition) is 2. The zero-order chi connectivity index (χ0) is 14.7. The van der Waals surface area contributed by atoms with E-state index in [0.717, 1.165) is 12.8 Å². The third-order valence-corrected chi connectivity index (χ3v) is 3.72. The van der Waals surface area contributed by atoms with E-state index in [0.29, 0.717) is 36.1 Å². The maximum absolute atomic E-state index is 12.1. The molecule has 0 bridgehead atoms. The smallest absolute Gasteiger partial charge is 0.306 e. The Morgan fingerprint density at radius 2 is 2.25 bits per heavy atom. The van der Waals surface area contributed by atoms with Crippen LogP contribution in [0.4, 0.5) is 0 Å². The van der Waals surface area contributed by atoms with Crippen molar-refractivity contribution < 1.29 is 14.7 Å². The molecule has 1 saturated carbocycles. The second-order valence-electron chi connectivity index (χ2n) is 5.32. The molecule has 1 fully saturated rings. The highest BCUT2D eigenvalue weighted by molar-refractivity contribution is 6.31. The van der Waals surface area contributed by atoms with Gasteiger partial charge < -0.3 is 15.0 Å². The van der Waals surface area contributed by atoms with Crippen molar-refractivity contribution in [3.05, 3.63) is 23.0 Å². The average Bonchev–Trinajstić information content (AvgIpc) is 3.16. The van der Waals surface area contributed by atoms with Crippen LogP contribution in [0, 0.1) is 5.92 Å². The molecule has 1 aromatic rings. The van der Waals surface area contributed by atoms with E-state index in [1.807, 2.05) is 4.57 Å². The van der Waals surface area contributed by atoms with Crippen molar-refractivity contribution in [2.24, 2.45) is 5.92 Å². The van der Waals surface area contributed by atoms with Crippen LogP contribution in [0.2, 0.25) is 5.02 Å². The molecular weight excluding hydrogens is 280 g/mol. The first-order valence-electron chi connectivity index (χ1n) is 6.87. The number of halogens is 1. The minimum absolute atomic E-state index is 0.147. The predicted molar refractivity (Wildman–Crippen MR) is 76.1 cm³/mol. The molecule has 2 N–H and O–H groups in total. The number of aliphatic carboxylic acids is 1. The van der Waals surface area contributed by atoms with E-state index in [4.69, 9.17) is 16.7 Å². The lowest BCUT2D eigenvalue weighted by Gasteiger charge is -2.09. The van der Waals surface area contributed by atoms with Gasteiger partial charge in [0.2, 0.25) is 0 Å². The standard InChI is InChI=1S/C14H19ClN2O3/c1-9(14(19)20)3-2-6-16-13(18)12-7-10(15)8-17(12)11-4-5-11/h7-9,11H,2-6H2,1H3,(H,16,18)(H,19,20). The lowest BCUT2D eigenvalue weighted by Crippen LogP contribution is -2.27. The molecule has 5 nitrogen and oxygen atoms in total. The predicted octanol–water partition coefficient (Wildman–Crippen LogP) is 2.71. The van der Waals surface area contributed by atoms with Crippen molar-refractivity contribution in [2.45, 2.75) is 38.6 Å². The van der Waals surface area contributed by atoms with Crippen LogP contribution in [0.25, 0.3) is 0 Å². The molecule has 0 aliphatic heterocycles. The quantitative estimate of drug-likeness (QED) is 0.760. The normalized spacial score (nSPS) is 15.9. The molecule has 1 aliphatic rings. The number of carbonyl (C=O) groups excluding carboxylic acids is 1. The summed E-state index contributed by atoms with van der Waals surface area (Å²) in [5.41, 5.74) is 0.587. The van der Waals surface area contributed by atoms with Gasteiger partial charge in [0, 0.05) is 18.8 Å². The van der Waals surface area contributed by atoms with Crippen LogP contribution >= 0.6 is 11.6 Å². The van der Waals surface area contributed by atoms with Gasteiger partial charge in [-0.1, -0.05) is 18.5 Å². The first-order chi connectivity index (χ1) is 9.49. The third-order valence-electron chi connectivity index (χ3n) is 3.51. The first-order valence-corrected chi connectivity index (χ1v) is 7.25. The van der Waals surface area contributed by atoms with Crippen molar-refractivity contribution in [3.8, 4) is 0 Å². The van der Waals surface area contributed by atoms with Gasteiger partial charge >= 0.3 is 5.97 Å². The van der Waals surface area contributed by atoms with Gasteiger partial charge in [-0.3, -0.25) is 9.59 Å². The summed E-state index contributed by atoms with van der Waals surface area (Å²) in [6.45, 7) is 2.14. The fraction of sp³-hybridized carbons (Fsp3) is 0.571. The van der Waals surface area contributed by atoms with Crippen LogP contribution in [0.3, 0.4) is 0 Å². The zero-order valence-electron chi connectivity index (χ0n) is 11.4. The highest BCUT2D eigenvalue weighted by Gasteiger charge is 2.27. The molecule has 20 heavy (non-hydrogen) atoms. The van der Waals surface area contributed by atoms with E-state index < -0.39 is 5.97 Å². The maximum atomic E-state index is 12.1. The lowest BCUT2D eigenvalue weighted by molar-refractivity contribution is -0.141. The summed E-state index contributed by atoms with van der Waals surface area (Å²) in [5.74, 6) is -1.32. The van der Waals surface area contributed by atoms with E-state index in [-0.39, 0.29) is 11.8 Å². The van der Waals surface area contributed by atoms with E-state index in [9.17, 15) is 9.59 Å². The summed E-state index contributed by atoms with van der Waals surface area (Å²) >= 11 is 5.95. The molecule has 0 aromatic carbocycles. The van der Waals surface area contributed by atoms with Crippen LogP contribution in [-0.4, -0.2) is 28.1 Å². The van der Waals surface area contributed by atoms with E-state index in [1.54, 1.807) is 19.2 Å². The fourth-order valence-electron chi connectivity index (χ4n) is 2.11. The zero-order valence-corrected chi connectivity index (χ0v) is 12.2. The molecule has 1 aromatic heterocycles. The van der Waals surface area contributed by atoms with Crippen LogP contribution in [-0.2, 0) is 4.79 Å². The minimum atomic E-state index is -0.800. The molecule has 6 heteroatoms. The number of aromatic nitrogens is 1. The molecular formula is C14H19ClN2O3. The van der Waals surface area contributed by atoms with Gasteiger partial charge in [0.05, 0.1) is 10.9 Å². The molecule has 1 unspecified atom stereocenters. The van der Waals surface area contributed by atoms with Gasteiger partial charge in [-0.15, -0.1) is 0 Å². The molecule has 110 valence electrons. The number of nitrogens with zero attached hydrogens (tertiary/aromatic N) is 1. The summed E-state index contributed by atoms with van der Waals surface area (Å²) in [5, 5.41) is 12.2. The van der Waals surface area contributed by atoms with Crippen LogP contribution in [0.15, 0.2) is 12.3 Å². The lowest BCUT2D eigenvalue weighted by atomic mass is 10.1. The average molecular weight is 299 g/mol. The van der Waals surface area contributed by atoms with Crippen molar-refractivity contribution >= 4 is 23.5 Å². The van der Waals surface area contributed by atoms with Crippen LogP contribution in [0.1, 0.15) is 49.1 Å². The maximum Gasteiger partial charge on any atom is 0.306 e. The number of nitrogens with one attached hydrogen (secondary N) is 1. The van der Waals surface area contributed by atoms with Crippen molar-refractivity contribution in [3.63, 3.8) is 0 Å². The van der Waals surface area contributed by atoms with Crippen molar-refractivity contribution in [1.29, 1.82) is 0 Å². The number of amides is 1. The molecule has 0 saturated heterocycles. The van der Waals surface area contributed by atoms with Crippen molar-refractivity contribution in [1.82, 2.24) is 9.88 Å². The largest absolute Gasteiger partial charge is 0.481 e. The van der Waals surface area contributed by atoms with Gasteiger partial charge in [0.1, 0.15) is 5.69 Å². The number of carboxylic acid groups (broad SMARTS) is 1. The van der Waals surface area contributed by atoms with Gasteiger partial charge in [-0.25, -0.2) is 0 Å². The SMILES string of the molecule is CC(CCCNC(=O)c1cc(Cl)cn1C1CC1)C(=O)O. The summed E-state index contributed by atoms with van der Waals surface area (Å²) in [6.07, 6.45) is 5.17. The first kappa shape index (κ1) is 14.9. The molecule has 0 radical (unpaired) electrons. The van der Waals surface area contributed by atoms with Gasteiger partial charge in [-0.05, 0) is 31.7 Å². The fourth-order valence-corrected chi connectivity index (χ4v) is 2.32. The third kappa shape index (κ3) is 3.76. The Hall–Kier alpha value is -1.49. The summed E-state index contributed by atoms with van der Waals surface area (Å²) in [6, 6.07) is 2.07. The summed E-state index contributed by atoms with van der Waals surface area (Å²) in [7, 11) is 0. The topological polar surface area (TPSA) is 71.3 Å². The number of carbonyl (C=O) groups is 2. The molecule has 2 rings (SSSR count). The van der Waals surface area contributed by atoms with E-state index in [2.05, 4.69) is 5.32 Å². The number of hydrogen-bond acceptors (Lipinski definition) is 2. The Labute approximate surface area is 122 Å². The second kappa shape index (κ2) is 6.31. The Bertz CT molecular complexity index is 509. The molecule has 1 atom stereocenters. The number of rotatable bonds is 7. The van der Waals surface area contributed by atoms with Crippen LogP contribution in [0.5, 0.6) is 0 Å². The highest BCUT2D eigenvalue weighted by atomic mass is 35.5. The molecule has 1 heterocycles. The molecule has 1 aliphatic carbocycles. The Balaban J connectivity index is 1.82. The molecule has 1 amide bonds. The Morgan fingerprint density at radius 1 is 1.55 bits per heavy atom. The van der Waals surface area contributed by atoms with E-state index >= 15 is 0 Å².